The van der Waals surface area contributed by atoms with Gasteiger partial charge < -0.3 is 4.57 Å². The van der Waals surface area contributed by atoms with Gasteiger partial charge in [-0.25, -0.2) is 5.43 Å². The van der Waals surface area contributed by atoms with E-state index in [9.17, 15) is 10.1 Å². The molecule has 0 saturated heterocycles. The first-order valence-corrected chi connectivity index (χ1v) is 11.6. The number of nitrogens with zero attached hydrogens (tertiary/aromatic N) is 3. The van der Waals surface area contributed by atoms with E-state index in [1.54, 1.807) is 18.3 Å². The van der Waals surface area contributed by atoms with Crippen LogP contribution in [0.1, 0.15) is 72.0 Å². The van der Waals surface area contributed by atoms with Gasteiger partial charge in [-0.3, -0.25) is 4.79 Å². The van der Waals surface area contributed by atoms with Crippen molar-refractivity contribution in [2.24, 2.45) is 5.10 Å². The van der Waals surface area contributed by atoms with E-state index >= 15 is 0 Å². The molecular formula is C28H30N4O. The maximum absolute atomic E-state index is 12.5. The molecule has 1 heterocycles. The van der Waals surface area contributed by atoms with Crippen LogP contribution < -0.4 is 5.43 Å². The van der Waals surface area contributed by atoms with Crippen LogP contribution in [-0.4, -0.2) is 16.7 Å². The summed E-state index contributed by atoms with van der Waals surface area (Å²) in [4.78, 5) is 12.5. The molecule has 2 aromatic carbocycles. The Labute approximate surface area is 195 Å². The minimum absolute atomic E-state index is 0.438. The largest absolute Gasteiger partial charge is 0.318 e. The molecule has 168 valence electrons. The molecule has 33 heavy (non-hydrogen) atoms. The van der Waals surface area contributed by atoms with Crippen molar-refractivity contribution in [3.05, 3.63) is 88.7 Å². The number of hydrogen-bond acceptors (Lipinski definition) is 3. The highest BCUT2D eigenvalue weighted by Gasteiger charge is 2.19. The number of nitrogens with one attached hydrogen (secondary N) is 1. The number of aromatic nitrogens is 1. The van der Waals surface area contributed by atoms with Gasteiger partial charge in [-0.2, -0.15) is 10.4 Å². The molecule has 1 fully saturated rings. The van der Waals surface area contributed by atoms with E-state index in [4.69, 9.17) is 0 Å². The predicted molar refractivity (Wildman–Crippen MR) is 132 cm³/mol. The molecule has 0 radical (unpaired) electrons. The summed E-state index contributed by atoms with van der Waals surface area (Å²) in [7, 11) is 0. The quantitative estimate of drug-likeness (QED) is 0.384. The van der Waals surface area contributed by atoms with E-state index in [-0.39, 0.29) is 0 Å². The van der Waals surface area contributed by atoms with Gasteiger partial charge in [0.05, 0.1) is 12.3 Å². The fourth-order valence-electron chi connectivity index (χ4n) is 4.81. The van der Waals surface area contributed by atoms with Gasteiger partial charge in [-0.05, 0) is 61.9 Å². The lowest BCUT2D eigenvalue weighted by Gasteiger charge is -2.22. The highest BCUT2D eigenvalue weighted by molar-refractivity contribution is 5.88. The molecule has 1 saturated carbocycles. The molecule has 0 aliphatic heterocycles. The van der Waals surface area contributed by atoms with Gasteiger partial charge in [-0.1, -0.05) is 61.7 Å². The molecule has 1 aliphatic carbocycles. The van der Waals surface area contributed by atoms with Crippen LogP contribution in [0.15, 0.2) is 65.8 Å². The summed E-state index contributed by atoms with van der Waals surface area (Å²) in [6.45, 7) is 4.12. The summed E-state index contributed by atoms with van der Waals surface area (Å²) in [5.74, 6) is -0.635. The van der Waals surface area contributed by atoms with Gasteiger partial charge in [0.2, 0.25) is 0 Å². The molecule has 5 heteroatoms. The van der Waals surface area contributed by atoms with Crippen molar-refractivity contribution in [2.45, 2.75) is 57.8 Å². The van der Waals surface area contributed by atoms with E-state index in [0.717, 1.165) is 22.6 Å². The third-order valence-electron chi connectivity index (χ3n) is 6.60. The van der Waals surface area contributed by atoms with Crippen molar-refractivity contribution < 1.29 is 4.79 Å². The van der Waals surface area contributed by atoms with Gasteiger partial charge >= 0.3 is 0 Å². The molecule has 0 unspecified atom stereocenters. The molecule has 0 spiro atoms. The number of aryl methyl sites for hydroxylation is 1. The van der Waals surface area contributed by atoms with Crippen LogP contribution in [0.5, 0.6) is 0 Å². The van der Waals surface area contributed by atoms with Crippen molar-refractivity contribution in [1.82, 2.24) is 9.99 Å². The van der Waals surface area contributed by atoms with Gasteiger partial charge in [0, 0.05) is 22.6 Å². The van der Waals surface area contributed by atoms with Crippen molar-refractivity contribution in [1.29, 1.82) is 5.26 Å². The lowest BCUT2D eigenvalue weighted by molar-refractivity contribution is -0.121. The summed E-state index contributed by atoms with van der Waals surface area (Å²) in [5, 5.41) is 13.5. The number of hydrazone groups is 1. The zero-order chi connectivity index (χ0) is 23.2. The predicted octanol–water partition coefficient (Wildman–Crippen LogP) is 5.90. The first-order valence-electron chi connectivity index (χ1n) is 11.6. The number of carbonyl (C=O) groups excluding carboxylic acids is 1. The number of amides is 1. The van der Waals surface area contributed by atoms with E-state index in [1.807, 2.05) is 25.1 Å². The smallest absolute Gasteiger partial charge is 0.261 e. The molecule has 4 rings (SSSR count). The Morgan fingerprint density at radius 1 is 1.09 bits per heavy atom. The zero-order valence-corrected chi connectivity index (χ0v) is 19.3. The molecule has 1 N–H and O–H groups in total. The fraction of sp³-hybridized carbons (Fsp3) is 0.321. The number of rotatable bonds is 6. The number of benzene rings is 2. The third kappa shape index (κ3) is 5.06. The fourth-order valence-corrected chi connectivity index (χ4v) is 4.81. The first-order chi connectivity index (χ1) is 16.1. The molecule has 1 aliphatic rings. The summed E-state index contributed by atoms with van der Waals surface area (Å²) >= 11 is 0. The summed E-state index contributed by atoms with van der Waals surface area (Å²) in [5.41, 5.74) is 8.82. The monoisotopic (exact) mass is 438 g/mol. The molecule has 5 nitrogen and oxygen atoms in total. The van der Waals surface area contributed by atoms with E-state index < -0.39 is 11.8 Å². The van der Waals surface area contributed by atoms with Gasteiger partial charge in [0.15, 0.2) is 5.92 Å². The molecule has 3 aromatic rings. The van der Waals surface area contributed by atoms with E-state index in [0.29, 0.717) is 11.5 Å². The molecule has 1 atom stereocenters. The Bertz CT molecular complexity index is 1160. The Morgan fingerprint density at radius 2 is 1.79 bits per heavy atom. The maximum atomic E-state index is 12.5. The van der Waals surface area contributed by atoms with Crippen LogP contribution in [0, 0.1) is 25.2 Å². The van der Waals surface area contributed by atoms with Crippen molar-refractivity contribution in [3.63, 3.8) is 0 Å². The Balaban J connectivity index is 1.47. The van der Waals surface area contributed by atoms with Crippen molar-refractivity contribution in [3.8, 4) is 11.8 Å². The average Bonchev–Trinajstić information content (AvgIpc) is 3.13. The van der Waals surface area contributed by atoms with E-state index in [2.05, 4.69) is 58.4 Å². The Morgan fingerprint density at radius 3 is 2.45 bits per heavy atom. The minimum Gasteiger partial charge on any atom is -0.318 e. The normalized spacial score (nSPS) is 15.3. The Hall–Kier alpha value is -3.65. The molecule has 0 bridgehead atoms. The third-order valence-corrected chi connectivity index (χ3v) is 6.60. The van der Waals surface area contributed by atoms with Crippen molar-refractivity contribution >= 4 is 12.1 Å². The summed E-state index contributed by atoms with van der Waals surface area (Å²) < 4.78 is 2.20. The van der Waals surface area contributed by atoms with Crippen LogP contribution in [0.3, 0.4) is 0 Å². The molecule has 1 amide bonds. The molecule has 1 aromatic heterocycles. The highest BCUT2D eigenvalue weighted by Crippen LogP contribution is 2.33. The molecular weight excluding hydrogens is 408 g/mol. The van der Waals surface area contributed by atoms with Gasteiger partial charge in [0.25, 0.3) is 5.91 Å². The second-order valence-corrected chi connectivity index (χ2v) is 8.80. The second kappa shape index (κ2) is 10.3. The van der Waals surface area contributed by atoms with Crippen LogP contribution in [0.2, 0.25) is 0 Å². The van der Waals surface area contributed by atoms with Crippen LogP contribution in [0.25, 0.3) is 5.69 Å². The van der Waals surface area contributed by atoms with Crippen LogP contribution in [-0.2, 0) is 4.79 Å². The topological polar surface area (TPSA) is 70.2 Å². The van der Waals surface area contributed by atoms with Gasteiger partial charge in [0.1, 0.15) is 0 Å². The maximum Gasteiger partial charge on any atom is 0.261 e. The standard InChI is InChI=1S/C28H30N4O/c1-20-17-25(19-30-31-28(33)27(18-29)24-11-7-4-8-12-24)21(2)32(20)26-15-13-23(14-16-26)22-9-5-3-6-10-22/h4,7-8,11-17,19,22,27H,3,5-6,9-10H2,1-2H3,(H,31,33)/b30-19-/t27-/m0/s1. The lowest BCUT2D eigenvalue weighted by Crippen LogP contribution is -2.24. The number of hydrogen-bond donors (Lipinski definition) is 1. The van der Waals surface area contributed by atoms with Crippen LogP contribution >= 0.6 is 0 Å². The number of carbonyl (C=O) groups is 1. The SMILES string of the molecule is Cc1cc(/C=N\NC(=O)[C@@H](C#N)c2ccccc2)c(C)n1-c1ccc(C2CCCCC2)cc1. The zero-order valence-electron chi connectivity index (χ0n) is 19.3. The Kier molecular flexibility index (Phi) is 7.04. The summed E-state index contributed by atoms with van der Waals surface area (Å²) in [6, 6.07) is 22.1. The number of nitriles is 1. The van der Waals surface area contributed by atoms with Crippen LogP contribution in [0.4, 0.5) is 0 Å². The average molecular weight is 439 g/mol. The van der Waals surface area contributed by atoms with Crippen molar-refractivity contribution in [2.75, 3.05) is 0 Å². The summed E-state index contributed by atoms with van der Waals surface area (Å²) in [6.07, 6.45) is 8.27. The minimum atomic E-state index is -0.890. The second-order valence-electron chi connectivity index (χ2n) is 8.80. The highest BCUT2D eigenvalue weighted by atomic mass is 16.2. The van der Waals surface area contributed by atoms with E-state index in [1.165, 1.54) is 37.7 Å². The first kappa shape index (κ1) is 22.5. The lowest BCUT2D eigenvalue weighted by atomic mass is 9.84. The van der Waals surface area contributed by atoms with Gasteiger partial charge in [-0.15, -0.1) is 0 Å².